The summed E-state index contributed by atoms with van der Waals surface area (Å²) in [5.41, 5.74) is 0.933. The number of sulfonamides is 1. The molecule has 2 aliphatic heterocycles. The molecule has 31 heavy (non-hydrogen) atoms. The molecule has 0 saturated carbocycles. The molecule has 2 aliphatic rings. The summed E-state index contributed by atoms with van der Waals surface area (Å²) in [5, 5.41) is 5.32. The summed E-state index contributed by atoms with van der Waals surface area (Å²) in [7, 11) is -3.95. The first-order valence-corrected chi connectivity index (χ1v) is 12.4. The third-order valence-corrected chi connectivity index (χ3v) is 7.50. The van der Waals surface area contributed by atoms with Crippen LogP contribution in [-0.2, 0) is 19.6 Å². The number of hydrogen-bond donors (Lipinski definition) is 2. The molecule has 2 heterocycles. The van der Waals surface area contributed by atoms with E-state index in [2.05, 4.69) is 15.5 Å². The Bertz CT molecular complexity index is 893. The predicted octanol–water partition coefficient (Wildman–Crippen LogP) is 1.73. The Morgan fingerprint density at radius 2 is 1.84 bits per heavy atom. The molecule has 3 rings (SSSR count). The van der Waals surface area contributed by atoms with Crippen molar-refractivity contribution in [2.24, 2.45) is 0 Å². The lowest BCUT2D eigenvalue weighted by Gasteiger charge is -2.31. The largest absolute Gasteiger partial charge is 0.356 e. The molecule has 0 bridgehead atoms. The van der Waals surface area contributed by atoms with Crippen LogP contribution in [-0.4, -0.2) is 61.7 Å². The van der Waals surface area contributed by atoms with Crippen LogP contribution in [0, 0.1) is 6.92 Å². The van der Waals surface area contributed by atoms with Crippen LogP contribution in [0.4, 0.5) is 0 Å². The second-order valence-electron chi connectivity index (χ2n) is 8.15. The van der Waals surface area contributed by atoms with E-state index < -0.39 is 22.0 Å². The molecule has 8 nitrogen and oxygen atoms in total. The van der Waals surface area contributed by atoms with Crippen LogP contribution in [0.15, 0.2) is 41.6 Å². The summed E-state index contributed by atoms with van der Waals surface area (Å²) in [6, 6.07) is 5.29. The van der Waals surface area contributed by atoms with Gasteiger partial charge in [0.05, 0.1) is 11.3 Å². The zero-order valence-electron chi connectivity index (χ0n) is 18.0. The van der Waals surface area contributed by atoms with Gasteiger partial charge in [-0.1, -0.05) is 24.1 Å². The highest BCUT2D eigenvalue weighted by atomic mass is 32.2. The summed E-state index contributed by atoms with van der Waals surface area (Å²) in [4.78, 5) is 27.3. The molecule has 0 unspecified atom stereocenters. The van der Waals surface area contributed by atoms with Crippen LogP contribution in [0.1, 0.15) is 44.1 Å². The molecule has 1 atom stereocenters. The summed E-state index contributed by atoms with van der Waals surface area (Å²) in [5.74, 6) is -0.849. The molecule has 1 aromatic rings. The van der Waals surface area contributed by atoms with E-state index in [0.717, 1.165) is 35.7 Å². The zero-order valence-corrected chi connectivity index (χ0v) is 18.9. The third-order valence-electron chi connectivity index (χ3n) is 5.70. The van der Waals surface area contributed by atoms with Gasteiger partial charge in [-0.25, -0.2) is 8.42 Å². The first-order chi connectivity index (χ1) is 14.9. The van der Waals surface area contributed by atoms with Gasteiger partial charge in [-0.15, -0.1) is 0 Å². The lowest BCUT2D eigenvalue weighted by molar-refractivity contribution is -0.129. The minimum Gasteiger partial charge on any atom is -0.356 e. The van der Waals surface area contributed by atoms with Crippen LogP contribution in [0.25, 0.3) is 0 Å². The molecule has 1 saturated heterocycles. The Morgan fingerprint density at radius 3 is 2.55 bits per heavy atom. The maximum absolute atomic E-state index is 13.0. The van der Waals surface area contributed by atoms with E-state index in [1.165, 1.54) is 50.5 Å². The molecule has 0 aliphatic carbocycles. The molecule has 0 spiro atoms. The van der Waals surface area contributed by atoms with Crippen molar-refractivity contribution in [3.05, 3.63) is 42.2 Å². The Hall–Kier alpha value is -2.39. The zero-order chi connectivity index (χ0) is 22.3. The van der Waals surface area contributed by atoms with Gasteiger partial charge < -0.3 is 15.5 Å². The number of amides is 2. The number of carbonyl (C=O) groups is 2. The predicted molar refractivity (Wildman–Crippen MR) is 118 cm³/mol. The quantitative estimate of drug-likeness (QED) is 0.531. The monoisotopic (exact) mass is 448 g/mol. The third kappa shape index (κ3) is 6.30. The summed E-state index contributed by atoms with van der Waals surface area (Å²) in [6.45, 7) is 5.87. The van der Waals surface area contributed by atoms with Crippen LogP contribution in [0.3, 0.4) is 0 Å². The fourth-order valence-electron chi connectivity index (χ4n) is 3.89. The van der Waals surface area contributed by atoms with Gasteiger partial charge in [-0.2, -0.15) is 0 Å². The first kappa shape index (κ1) is 23.3. The number of likely N-dealkylation sites (tertiary alicyclic amines) is 1. The highest BCUT2D eigenvalue weighted by molar-refractivity contribution is 7.89. The van der Waals surface area contributed by atoms with Gasteiger partial charge in [-0.3, -0.25) is 13.9 Å². The van der Waals surface area contributed by atoms with Gasteiger partial charge in [0, 0.05) is 18.9 Å². The number of benzene rings is 1. The van der Waals surface area contributed by atoms with Crippen LogP contribution >= 0.6 is 0 Å². The molecule has 9 heteroatoms. The van der Waals surface area contributed by atoms with Gasteiger partial charge in [0.25, 0.3) is 10.0 Å². The Labute approximate surface area is 184 Å². The van der Waals surface area contributed by atoms with E-state index in [0.29, 0.717) is 6.54 Å². The molecule has 0 aromatic heterocycles. The van der Waals surface area contributed by atoms with E-state index in [-0.39, 0.29) is 17.2 Å². The molecule has 2 N–H and O–H groups in total. The molecule has 1 fully saturated rings. The summed E-state index contributed by atoms with van der Waals surface area (Å²) < 4.78 is 27.1. The van der Waals surface area contributed by atoms with Gasteiger partial charge in [0.2, 0.25) is 11.8 Å². The fraction of sp³-hybridized carbons (Fsp3) is 0.545. The fourth-order valence-corrected chi connectivity index (χ4v) is 5.34. The van der Waals surface area contributed by atoms with Crippen molar-refractivity contribution in [2.45, 2.75) is 56.4 Å². The van der Waals surface area contributed by atoms with Crippen molar-refractivity contribution in [3.8, 4) is 0 Å². The molecular weight excluding hydrogens is 416 g/mol. The van der Waals surface area contributed by atoms with Crippen LogP contribution in [0.2, 0.25) is 0 Å². The maximum atomic E-state index is 13.0. The number of nitrogens with one attached hydrogen (secondary N) is 2. The number of unbranched alkanes of at least 4 members (excludes halogenated alkanes) is 2. The van der Waals surface area contributed by atoms with E-state index in [1.807, 2.05) is 6.92 Å². The Balaban J connectivity index is 1.50. The van der Waals surface area contributed by atoms with E-state index in [4.69, 9.17) is 0 Å². The van der Waals surface area contributed by atoms with Crippen molar-refractivity contribution < 1.29 is 18.0 Å². The van der Waals surface area contributed by atoms with Crippen molar-refractivity contribution in [3.63, 3.8) is 0 Å². The average molecular weight is 449 g/mol. The number of nitrogens with zero attached hydrogens (tertiary/aromatic N) is 2. The second kappa shape index (κ2) is 10.8. The van der Waals surface area contributed by atoms with E-state index in [9.17, 15) is 18.0 Å². The lowest BCUT2D eigenvalue weighted by Crippen LogP contribution is -2.51. The van der Waals surface area contributed by atoms with Crippen LogP contribution in [0.5, 0.6) is 0 Å². The van der Waals surface area contributed by atoms with Gasteiger partial charge in [0.15, 0.2) is 0 Å². The number of hydrogen-bond acceptors (Lipinski definition) is 5. The minimum atomic E-state index is -3.95. The number of rotatable bonds is 10. The first-order valence-electron chi connectivity index (χ1n) is 10.9. The normalized spacial score (nSPS) is 19.5. The molecule has 0 radical (unpaired) electrons. The number of aryl methyl sites for hydroxylation is 1. The SMILES string of the molecule is Cc1ccc(S(=O)(=O)N2C=CNC(=O)[C@H]2CC(=O)NCCCCCN2CCCC2)cc1. The molecule has 1 aromatic carbocycles. The maximum Gasteiger partial charge on any atom is 0.264 e. The van der Waals surface area contributed by atoms with Crippen molar-refractivity contribution in [2.75, 3.05) is 26.2 Å². The van der Waals surface area contributed by atoms with Gasteiger partial charge >= 0.3 is 0 Å². The molecule has 2 amide bonds. The molecule has 170 valence electrons. The van der Waals surface area contributed by atoms with Crippen molar-refractivity contribution >= 4 is 21.8 Å². The minimum absolute atomic E-state index is 0.0841. The number of carbonyl (C=O) groups excluding carboxylic acids is 2. The van der Waals surface area contributed by atoms with Crippen molar-refractivity contribution in [1.82, 2.24) is 19.8 Å². The molecular formula is C22H32N4O4S. The topological polar surface area (TPSA) is 98.8 Å². The highest BCUT2D eigenvalue weighted by Gasteiger charge is 2.36. The standard InChI is InChI=1S/C22H32N4O4S/c1-18-7-9-19(10-8-18)31(29,30)26-16-12-24-22(28)20(26)17-21(27)23-11-3-2-4-13-25-14-5-6-15-25/h7-10,12,16,20H,2-6,11,13-15,17H2,1H3,(H,23,27)(H,24,28)/t20-/m1/s1. The van der Waals surface area contributed by atoms with Crippen molar-refractivity contribution in [1.29, 1.82) is 0 Å². The van der Waals surface area contributed by atoms with Gasteiger partial charge in [0.1, 0.15) is 6.04 Å². The Kier molecular flexibility index (Phi) is 8.09. The average Bonchev–Trinajstić information content (AvgIpc) is 3.26. The van der Waals surface area contributed by atoms with E-state index in [1.54, 1.807) is 12.1 Å². The lowest BCUT2D eigenvalue weighted by atomic mass is 10.1. The summed E-state index contributed by atoms with van der Waals surface area (Å²) >= 11 is 0. The highest BCUT2D eigenvalue weighted by Crippen LogP contribution is 2.22. The van der Waals surface area contributed by atoms with Gasteiger partial charge in [-0.05, 0) is 64.4 Å². The Morgan fingerprint density at radius 1 is 1.13 bits per heavy atom. The summed E-state index contributed by atoms with van der Waals surface area (Å²) in [6.07, 6.45) is 7.92. The second-order valence-corrected chi connectivity index (χ2v) is 9.99. The van der Waals surface area contributed by atoms with E-state index >= 15 is 0 Å². The smallest absolute Gasteiger partial charge is 0.264 e. The van der Waals surface area contributed by atoms with Crippen LogP contribution < -0.4 is 10.6 Å².